The Morgan fingerprint density at radius 3 is 2.18 bits per heavy atom. The van der Waals surface area contributed by atoms with E-state index >= 15 is 0 Å². The van der Waals surface area contributed by atoms with Crippen LogP contribution >= 0.6 is 23.2 Å². The van der Waals surface area contributed by atoms with Gasteiger partial charge in [-0.3, -0.25) is 4.79 Å². The van der Waals surface area contributed by atoms with Crippen molar-refractivity contribution in [1.82, 2.24) is 5.43 Å². The summed E-state index contributed by atoms with van der Waals surface area (Å²) in [5.74, 6) is -0.297. The van der Waals surface area contributed by atoms with Crippen molar-refractivity contribution in [2.75, 3.05) is 0 Å². The maximum absolute atomic E-state index is 12.6. The number of carbonyl (C=O) groups excluding carboxylic acids is 1. The fourth-order valence-electron chi connectivity index (χ4n) is 4.04. The van der Waals surface area contributed by atoms with Crippen molar-refractivity contribution in [3.63, 3.8) is 0 Å². The van der Waals surface area contributed by atoms with Crippen LogP contribution in [0.25, 0.3) is 21.5 Å². The Hall–Kier alpha value is -2.36. The molecule has 2 atom stereocenters. The summed E-state index contributed by atoms with van der Waals surface area (Å²) in [7, 11) is 0. The zero-order valence-corrected chi connectivity index (χ0v) is 17.1. The van der Waals surface area contributed by atoms with Gasteiger partial charge in [0.1, 0.15) is 4.49 Å². The molecule has 3 aromatic carbocycles. The van der Waals surface area contributed by atoms with E-state index < -0.39 is 0 Å². The number of hydrogen-bond acceptors (Lipinski definition) is 2. The van der Waals surface area contributed by atoms with Crippen LogP contribution in [-0.2, 0) is 4.79 Å². The summed E-state index contributed by atoms with van der Waals surface area (Å²) in [6.45, 7) is 4.05. The third kappa shape index (κ3) is 3.41. The third-order valence-corrected chi connectivity index (χ3v) is 5.93. The summed E-state index contributed by atoms with van der Waals surface area (Å²) < 4.78 is 0.194. The lowest BCUT2D eigenvalue weighted by Gasteiger charge is -2.08. The molecule has 0 spiro atoms. The van der Waals surface area contributed by atoms with Crippen molar-refractivity contribution in [3.05, 3.63) is 70.7 Å². The SMILES string of the molecule is CC1(C)[C@H](C=C(Cl)Cl)[C@@H]1C(=O)N/N=C/c1c2ccccc2cc2ccccc12. The number of benzene rings is 3. The number of nitrogens with zero attached hydrogens (tertiary/aromatic N) is 1. The van der Waals surface area contributed by atoms with Crippen molar-refractivity contribution < 1.29 is 4.79 Å². The lowest BCUT2D eigenvalue weighted by Crippen LogP contribution is -2.22. The van der Waals surface area contributed by atoms with Gasteiger partial charge in [-0.05, 0) is 45.0 Å². The minimum Gasteiger partial charge on any atom is -0.273 e. The molecular weight excluding hydrogens is 391 g/mol. The van der Waals surface area contributed by atoms with Gasteiger partial charge in [0.15, 0.2) is 0 Å². The standard InChI is InChI=1S/C23H20Cl2N2O/c1-23(2)19(12-20(24)25)21(23)22(28)27-26-13-18-16-9-5-3-7-14(16)11-15-8-4-6-10-17(15)18/h3-13,19,21H,1-2H3,(H,27,28)/b26-13+/t19-,21-/m1/s1. The van der Waals surface area contributed by atoms with Gasteiger partial charge in [-0.15, -0.1) is 0 Å². The van der Waals surface area contributed by atoms with Gasteiger partial charge in [-0.2, -0.15) is 5.10 Å². The van der Waals surface area contributed by atoms with Crippen molar-refractivity contribution in [1.29, 1.82) is 0 Å². The predicted molar refractivity (Wildman–Crippen MR) is 118 cm³/mol. The smallest absolute Gasteiger partial charge is 0.244 e. The van der Waals surface area contributed by atoms with E-state index in [4.69, 9.17) is 23.2 Å². The average Bonchev–Trinajstić information content (AvgIpc) is 3.20. The molecule has 0 saturated heterocycles. The number of nitrogens with one attached hydrogen (secondary N) is 1. The number of halogens is 2. The van der Waals surface area contributed by atoms with Crippen LogP contribution < -0.4 is 5.43 Å². The normalized spacial score (nSPS) is 20.4. The van der Waals surface area contributed by atoms with E-state index in [1.807, 2.05) is 38.1 Å². The molecule has 1 amide bonds. The van der Waals surface area contributed by atoms with Crippen LogP contribution in [0.4, 0.5) is 0 Å². The average molecular weight is 411 g/mol. The molecule has 142 valence electrons. The molecular formula is C23H20Cl2N2O. The summed E-state index contributed by atoms with van der Waals surface area (Å²) in [4.78, 5) is 12.6. The molecule has 3 nitrogen and oxygen atoms in total. The monoisotopic (exact) mass is 410 g/mol. The highest BCUT2D eigenvalue weighted by Gasteiger charge is 2.60. The molecule has 1 aliphatic carbocycles. The molecule has 4 rings (SSSR count). The van der Waals surface area contributed by atoms with E-state index in [-0.39, 0.29) is 27.6 Å². The predicted octanol–water partition coefficient (Wildman–Crippen LogP) is 6.03. The summed E-state index contributed by atoms with van der Waals surface area (Å²) in [6, 6.07) is 18.5. The number of allylic oxidation sites excluding steroid dienone is 1. The molecule has 28 heavy (non-hydrogen) atoms. The highest BCUT2D eigenvalue weighted by molar-refractivity contribution is 6.55. The lowest BCUT2D eigenvalue weighted by atomic mass is 9.97. The first kappa shape index (κ1) is 19.0. The van der Waals surface area contributed by atoms with Gasteiger partial charge in [0, 0.05) is 5.56 Å². The Morgan fingerprint density at radius 1 is 1.04 bits per heavy atom. The van der Waals surface area contributed by atoms with Gasteiger partial charge in [-0.25, -0.2) is 5.43 Å². The molecule has 5 heteroatoms. The largest absolute Gasteiger partial charge is 0.273 e. The van der Waals surface area contributed by atoms with E-state index in [0.29, 0.717) is 0 Å². The Balaban J connectivity index is 1.62. The number of fused-ring (bicyclic) bond motifs is 2. The van der Waals surface area contributed by atoms with Crippen molar-refractivity contribution >= 4 is 56.9 Å². The highest BCUT2D eigenvalue weighted by atomic mass is 35.5. The third-order valence-electron chi connectivity index (χ3n) is 5.68. The summed E-state index contributed by atoms with van der Waals surface area (Å²) >= 11 is 11.5. The first-order valence-corrected chi connectivity index (χ1v) is 9.91. The van der Waals surface area contributed by atoms with Crippen LogP contribution in [0.1, 0.15) is 19.4 Å². The van der Waals surface area contributed by atoms with Crippen LogP contribution in [0.5, 0.6) is 0 Å². The van der Waals surface area contributed by atoms with E-state index in [0.717, 1.165) is 27.1 Å². The molecule has 1 N–H and O–H groups in total. The second-order valence-corrected chi connectivity index (χ2v) is 8.76. The molecule has 0 bridgehead atoms. The van der Waals surface area contributed by atoms with Crippen molar-refractivity contribution in [2.24, 2.45) is 22.4 Å². The van der Waals surface area contributed by atoms with Crippen LogP contribution in [-0.4, -0.2) is 12.1 Å². The Labute approximate surface area is 174 Å². The first-order chi connectivity index (χ1) is 13.4. The second-order valence-electron chi connectivity index (χ2n) is 7.75. The number of rotatable bonds is 4. The van der Waals surface area contributed by atoms with Gasteiger partial charge in [0.25, 0.3) is 0 Å². The second kappa shape index (κ2) is 7.23. The minimum absolute atomic E-state index is 0.0195. The van der Waals surface area contributed by atoms with Gasteiger partial charge >= 0.3 is 0 Å². The molecule has 0 aliphatic heterocycles. The van der Waals surface area contributed by atoms with Gasteiger partial charge in [-0.1, -0.05) is 85.6 Å². The quantitative estimate of drug-likeness (QED) is 0.318. The van der Waals surface area contributed by atoms with E-state index in [1.165, 1.54) is 0 Å². The maximum Gasteiger partial charge on any atom is 0.244 e. The van der Waals surface area contributed by atoms with Crippen molar-refractivity contribution in [3.8, 4) is 0 Å². The first-order valence-electron chi connectivity index (χ1n) is 9.16. The molecule has 1 fully saturated rings. The topological polar surface area (TPSA) is 41.5 Å². The number of amides is 1. The van der Waals surface area contributed by atoms with E-state index in [9.17, 15) is 4.79 Å². The maximum atomic E-state index is 12.6. The van der Waals surface area contributed by atoms with Crippen LogP contribution in [0.2, 0.25) is 0 Å². The summed E-state index contributed by atoms with van der Waals surface area (Å²) in [6.07, 6.45) is 3.46. The molecule has 0 unspecified atom stereocenters. The van der Waals surface area contributed by atoms with Gasteiger partial charge < -0.3 is 0 Å². The molecule has 0 aromatic heterocycles. The number of hydrazone groups is 1. The number of carbonyl (C=O) groups is 1. The molecule has 1 aliphatic rings. The molecule has 0 heterocycles. The Kier molecular flexibility index (Phi) is 4.90. The van der Waals surface area contributed by atoms with E-state index in [2.05, 4.69) is 40.9 Å². The fourth-order valence-corrected chi connectivity index (χ4v) is 4.31. The Morgan fingerprint density at radius 2 is 1.61 bits per heavy atom. The fraction of sp³-hybridized carbons (Fsp3) is 0.217. The van der Waals surface area contributed by atoms with Gasteiger partial charge in [0.05, 0.1) is 12.1 Å². The van der Waals surface area contributed by atoms with Crippen LogP contribution in [0.15, 0.2) is 70.3 Å². The molecule has 0 radical (unpaired) electrons. The molecule has 1 saturated carbocycles. The Bertz CT molecular complexity index is 1080. The summed E-state index contributed by atoms with van der Waals surface area (Å²) in [5, 5.41) is 8.74. The van der Waals surface area contributed by atoms with Crippen LogP contribution in [0.3, 0.4) is 0 Å². The van der Waals surface area contributed by atoms with E-state index in [1.54, 1.807) is 12.3 Å². The summed E-state index contributed by atoms with van der Waals surface area (Å²) in [5.41, 5.74) is 3.51. The number of hydrogen-bond donors (Lipinski definition) is 1. The highest BCUT2D eigenvalue weighted by Crippen LogP contribution is 2.59. The van der Waals surface area contributed by atoms with Crippen molar-refractivity contribution in [2.45, 2.75) is 13.8 Å². The lowest BCUT2D eigenvalue weighted by molar-refractivity contribution is -0.123. The van der Waals surface area contributed by atoms with Crippen LogP contribution in [0, 0.1) is 17.3 Å². The zero-order chi connectivity index (χ0) is 19.9. The zero-order valence-electron chi connectivity index (χ0n) is 15.6. The molecule has 3 aromatic rings. The minimum atomic E-state index is -0.193. The van der Waals surface area contributed by atoms with Gasteiger partial charge in [0.2, 0.25) is 5.91 Å².